The van der Waals surface area contributed by atoms with Crippen LogP contribution < -0.4 is 5.63 Å². The lowest BCUT2D eigenvalue weighted by molar-refractivity contribution is 0.558. The van der Waals surface area contributed by atoms with Crippen LogP contribution in [0.25, 0.3) is 11.0 Å². The summed E-state index contributed by atoms with van der Waals surface area (Å²) < 4.78 is 4.93. The molecule has 2 nitrogen and oxygen atoms in total. The SMILES string of the molecule is Cc1[c]c(=O)oc2ccccc12. The summed E-state index contributed by atoms with van der Waals surface area (Å²) in [6.07, 6.45) is 0. The van der Waals surface area contributed by atoms with Crippen LogP contribution in [0.15, 0.2) is 33.5 Å². The van der Waals surface area contributed by atoms with Crippen molar-refractivity contribution in [3.63, 3.8) is 0 Å². The molecule has 0 aliphatic rings. The van der Waals surface area contributed by atoms with E-state index in [9.17, 15) is 4.79 Å². The summed E-state index contributed by atoms with van der Waals surface area (Å²) in [4.78, 5) is 10.9. The molecule has 12 heavy (non-hydrogen) atoms. The van der Waals surface area contributed by atoms with Gasteiger partial charge in [0.15, 0.2) is 0 Å². The van der Waals surface area contributed by atoms with Crippen molar-refractivity contribution in [3.8, 4) is 0 Å². The fourth-order valence-electron chi connectivity index (χ4n) is 1.21. The van der Waals surface area contributed by atoms with E-state index in [1.165, 1.54) is 0 Å². The molecule has 0 fully saturated rings. The number of hydrogen-bond donors (Lipinski definition) is 0. The minimum Gasteiger partial charge on any atom is -0.422 e. The van der Waals surface area contributed by atoms with E-state index in [4.69, 9.17) is 4.42 Å². The Morgan fingerprint density at radius 3 is 2.92 bits per heavy atom. The van der Waals surface area contributed by atoms with Crippen molar-refractivity contribution in [3.05, 3.63) is 46.3 Å². The lowest BCUT2D eigenvalue weighted by Crippen LogP contribution is -1.98. The van der Waals surface area contributed by atoms with E-state index < -0.39 is 5.63 Å². The summed E-state index contributed by atoms with van der Waals surface area (Å²) in [5.74, 6) is 0. The maximum Gasteiger partial charge on any atom is 0.344 e. The molecule has 0 N–H and O–H groups in total. The van der Waals surface area contributed by atoms with Crippen molar-refractivity contribution >= 4 is 11.0 Å². The summed E-state index contributed by atoms with van der Waals surface area (Å²) in [6, 6.07) is 10.0. The third kappa shape index (κ3) is 1.01. The number of fused-ring (bicyclic) bond motifs is 1. The summed E-state index contributed by atoms with van der Waals surface area (Å²) >= 11 is 0. The Hall–Kier alpha value is -1.57. The van der Waals surface area contributed by atoms with Crippen LogP contribution in [0, 0.1) is 13.0 Å². The molecule has 2 rings (SSSR count). The van der Waals surface area contributed by atoms with Gasteiger partial charge < -0.3 is 4.42 Å². The van der Waals surface area contributed by atoms with Gasteiger partial charge in [-0.05, 0) is 18.6 Å². The van der Waals surface area contributed by atoms with Crippen molar-refractivity contribution in [2.45, 2.75) is 6.92 Å². The summed E-state index contributed by atoms with van der Waals surface area (Å²) in [5, 5.41) is 0.942. The predicted molar refractivity (Wildman–Crippen MR) is 46.1 cm³/mol. The molecule has 1 aromatic heterocycles. The quantitative estimate of drug-likeness (QED) is 0.549. The van der Waals surface area contributed by atoms with Gasteiger partial charge in [0.2, 0.25) is 0 Å². The number of rotatable bonds is 0. The fourth-order valence-corrected chi connectivity index (χ4v) is 1.21. The Bertz CT molecular complexity index is 468. The molecule has 0 saturated carbocycles. The van der Waals surface area contributed by atoms with Crippen LogP contribution in [0.4, 0.5) is 0 Å². The molecule has 0 bridgehead atoms. The fraction of sp³-hybridized carbons (Fsp3) is 0.100. The molecular formula is C10H7O2. The van der Waals surface area contributed by atoms with Gasteiger partial charge in [-0.15, -0.1) is 0 Å². The molecule has 0 aliphatic carbocycles. The highest BCUT2D eigenvalue weighted by atomic mass is 16.4. The Morgan fingerprint density at radius 1 is 1.33 bits per heavy atom. The van der Waals surface area contributed by atoms with Gasteiger partial charge in [0.1, 0.15) is 5.58 Å². The van der Waals surface area contributed by atoms with Gasteiger partial charge in [0, 0.05) is 5.39 Å². The third-order valence-electron chi connectivity index (χ3n) is 1.78. The number of benzene rings is 1. The highest BCUT2D eigenvalue weighted by Crippen LogP contribution is 2.14. The van der Waals surface area contributed by atoms with E-state index >= 15 is 0 Å². The lowest BCUT2D eigenvalue weighted by Gasteiger charge is -1.96. The highest BCUT2D eigenvalue weighted by molar-refractivity contribution is 5.79. The Labute approximate surface area is 69.4 Å². The van der Waals surface area contributed by atoms with E-state index in [-0.39, 0.29) is 0 Å². The van der Waals surface area contributed by atoms with Crippen molar-refractivity contribution in [1.82, 2.24) is 0 Å². The summed E-state index contributed by atoms with van der Waals surface area (Å²) in [6.45, 7) is 1.85. The van der Waals surface area contributed by atoms with Gasteiger partial charge in [-0.1, -0.05) is 18.2 Å². The second-order valence-corrected chi connectivity index (χ2v) is 2.64. The van der Waals surface area contributed by atoms with Gasteiger partial charge in [0.25, 0.3) is 0 Å². The van der Waals surface area contributed by atoms with Gasteiger partial charge in [-0.25, -0.2) is 4.79 Å². The topological polar surface area (TPSA) is 30.2 Å². The van der Waals surface area contributed by atoms with Gasteiger partial charge in [0.05, 0.1) is 6.07 Å². The van der Waals surface area contributed by atoms with Crippen molar-refractivity contribution in [1.29, 1.82) is 0 Å². The van der Waals surface area contributed by atoms with Gasteiger partial charge >= 0.3 is 5.63 Å². The molecule has 0 saturated heterocycles. The molecule has 0 atom stereocenters. The monoisotopic (exact) mass is 159 g/mol. The summed E-state index contributed by atoms with van der Waals surface area (Å²) in [7, 11) is 0. The average molecular weight is 159 g/mol. The third-order valence-corrected chi connectivity index (χ3v) is 1.78. The van der Waals surface area contributed by atoms with Gasteiger partial charge in [-0.3, -0.25) is 0 Å². The van der Waals surface area contributed by atoms with Crippen molar-refractivity contribution < 1.29 is 4.42 Å². The molecule has 1 heterocycles. The van der Waals surface area contributed by atoms with E-state index in [1.807, 2.05) is 25.1 Å². The van der Waals surface area contributed by atoms with Crippen LogP contribution >= 0.6 is 0 Å². The van der Waals surface area contributed by atoms with Crippen molar-refractivity contribution in [2.24, 2.45) is 0 Å². The maximum absolute atomic E-state index is 10.9. The first kappa shape index (κ1) is 7.10. The second kappa shape index (κ2) is 2.48. The number of para-hydroxylation sites is 1. The molecule has 0 spiro atoms. The zero-order valence-corrected chi connectivity index (χ0v) is 6.63. The molecule has 2 aromatic rings. The minimum absolute atomic E-state index is 0.411. The first-order valence-electron chi connectivity index (χ1n) is 3.69. The highest BCUT2D eigenvalue weighted by Gasteiger charge is 1.99. The standard InChI is InChI=1S/C10H7O2/c1-7-6-10(11)12-9-5-3-2-4-8(7)9/h2-5H,1H3. The van der Waals surface area contributed by atoms with Gasteiger partial charge in [-0.2, -0.15) is 0 Å². The van der Waals surface area contributed by atoms with E-state index in [1.54, 1.807) is 6.07 Å². The van der Waals surface area contributed by atoms with Crippen LogP contribution in [0.3, 0.4) is 0 Å². The Morgan fingerprint density at radius 2 is 2.08 bits per heavy atom. The molecule has 59 valence electrons. The Balaban J connectivity index is 2.99. The zero-order valence-electron chi connectivity index (χ0n) is 6.63. The average Bonchev–Trinajstić information content (AvgIpc) is 2.04. The van der Waals surface area contributed by atoms with Crippen LogP contribution in [-0.2, 0) is 0 Å². The van der Waals surface area contributed by atoms with E-state index in [2.05, 4.69) is 6.07 Å². The molecule has 0 amide bonds. The minimum atomic E-state index is -0.411. The van der Waals surface area contributed by atoms with E-state index in [0.717, 1.165) is 10.9 Å². The normalized spacial score (nSPS) is 10.4. The smallest absolute Gasteiger partial charge is 0.344 e. The molecule has 1 aromatic carbocycles. The number of aryl methyl sites for hydroxylation is 1. The molecule has 2 heteroatoms. The lowest BCUT2D eigenvalue weighted by atomic mass is 10.1. The van der Waals surface area contributed by atoms with E-state index in [0.29, 0.717) is 5.58 Å². The molecular weight excluding hydrogens is 152 g/mol. The maximum atomic E-state index is 10.9. The molecule has 1 radical (unpaired) electrons. The van der Waals surface area contributed by atoms with Crippen LogP contribution in [0.5, 0.6) is 0 Å². The molecule has 0 aliphatic heterocycles. The van der Waals surface area contributed by atoms with Crippen molar-refractivity contribution in [2.75, 3.05) is 0 Å². The predicted octanol–water partition coefficient (Wildman–Crippen LogP) is 1.90. The largest absolute Gasteiger partial charge is 0.422 e. The first-order valence-corrected chi connectivity index (χ1v) is 3.69. The molecule has 0 unspecified atom stereocenters. The van der Waals surface area contributed by atoms with Crippen LogP contribution in [0.1, 0.15) is 5.56 Å². The summed E-state index contributed by atoms with van der Waals surface area (Å²) in [5.41, 5.74) is 1.05. The Kier molecular flexibility index (Phi) is 1.47. The first-order chi connectivity index (χ1) is 5.77. The van der Waals surface area contributed by atoms with Crippen LogP contribution in [0.2, 0.25) is 0 Å². The zero-order chi connectivity index (χ0) is 8.55. The van der Waals surface area contributed by atoms with Crippen LogP contribution in [-0.4, -0.2) is 0 Å². The number of hydrogen-bond acceptors (Lipinski definition) is 2. The second-order valence-electron chi connectivity index (χ2n) is 2.64.